The van der Waals surface area contributed by atoms with Crippen molar-refractivity contribution in [3.8, 4) is 23.0 Å². The number of halogens is 1. The zero-order valence-electron chi connectivity index (χ0n) is 19.5. The number of nitrogens with one attached hydrogen (secondary N) is 1. The number of carbonyl (C=O) groups is 2. The van der Waals surface area contributed by atoms with Gasteiger partial charge in [0.15, 0.2) is 11.6 Å². The molecular weight excluding hydrogens is 451 g/mol. The van der Waals surface area contributed by atoms with Crippen molar-refractivity contribution in [1.82, 2.24) is 30.0 Å². The number of amides is 2. The van der Waals surface area contributed by atoms with Crippen molar-refractivity contribution in [3.63, 3.8) is 0 Å². The molecule has 3 aromatic rings. The Morgan fingerprint density at radius 1 is 1.29 bits per heavy atom. The fourth-order valence-corrected chi connectivity index (χ4v) is 4.39. The third-order valence-corrected chi connectivity index (χ3v) is 6.36. The normalized spacial score (nSPS) is 15.5. The van der Waals surface area contributed by atoms with E-state index >= 15 is 0 Å². The SMILES string of the molecule is COc1ccc(-c2ccnc(-n3ncc(C(=O)NCCCN4CCCC4=O)c3C3CC3)n2)cc1F. The van der Waals surface area contributed by atoms with Crippen LogP contribution in [0.2, 0.25) is 0 Å². The van der Waals surface area contributed by atoms with Gasteiger partial charge >= 0.3 is 0 Å². The van der Waals surface area contributed by atoms with Crippen molar-refractivity contribution >= 4 is 11.8 Å². The highest BCUT2D eigenvalue weighted by molar-refractivity contribution is 5.95. The van der Waals surface area contributed by atoms with Gasteiger partial charge in [-0.1, -0.05) is 0 Å². The van der Waals surface area contributed by atoms with Gasteiger partial charge in [0, 0.05) is 43.7 Å². The zero-order valence-corrected chi connectivity index (χ0v) is 19.5. The number of methoxy groups -OCH3 is 1. The maximum absolute atomic E-state index is 14.2. The summed E-state index contributed by atoms with van der Waals surface area (Å²) in [5.41, 5.74) is 2.42. The molecule has 3 heterocycles. The van der Waals surface area contributed by atoms with Gasteiger partial charge in [-0.3, -0.25) is 9.59 Å². The van der Waals surface area contributed by atoms with Crippen LogP contribution in [-0.2, 0) is 4.79 Å². The Labute approximate surface area is 202 Å². The first-order valence-corrected chi connectivity index (χ1v) is 11.9. The highest BCUT2D eigenvalue weighted by Gasteiger charge is 2.33. The van der Waals surface area contributed by atoms with Crippen LogP contribution in [0.4, 0.5) is 4.39 Å². The van der Waals surface area contributed by atoms with Gasteiger partial charge < -0.3 is 15.0 Å². The van der Waals surface area contributed by atoms with Crippen molar-refractivity contribution in [1.29, 1.82) is 0 Å². The average Bonchev–Trinajstić information content (AvgIpc) is 3.48. The van der Waals surface area contributed by atoms with Gasteiger partial charge in [-0.25, -0.2) is 19.0 Å². The number of hydrogen-bond donors (Lipinski definition) is 1. The summed E-state index contributed by atoms with van der Waals surface area (Å²) in [6.45, 7) is 1.93. The molecule has 1 saturated carbocycles. The van der Waals surface area contributed by atoms with Crippen LogP contribution in [0.25, 0.3) is 17.2 Å². The maximum Gasteiger partial charge on any atom is 0.254 e. The van der Waals surface area contributed by atoms with Gasteiger partial charge in [0.2, 0.25) is 5.91 Å². The summed E-state index contributed by atoms with van der Waals surface area (Å²) >= 11 is 0. The number of aromatic nitrogens is 4. The minimum atomic E-state index is -0.476. The smallest absolute Gasteiger partial charge is 0.254 e. The molecule has 0 radical (unpaired) electrons. The van der Waals surface area contributed by atoms with Crippen LogP contribution in [-0.4, -0.2) is 63.2 Å². The molecule has 0 bridgehead atoms. The first-order chi connectivity index (χ1) is 17.0. The van der Waals surface area contributed by atoms with E-state index in [1.807, 2.05) is 4.90 Å². The molecule has 1 aromatic carbocycles. The molecule has 9 nitrogen and oxygen atoms in total. The number of benzene rings is 1. The summed E-state index contributed by atoms with van der Waals surface area (Å²) in [6.07, 6.45) is 7.30. The molecule has 10 heteroatoms. The summed E-state index contributed by atoms with van der Waals surface area (Å²) in [4.78, 5) is 35.5. The van der Waals surface area contributed by atoms with Crippen LogP contribution in [0.15, 0.2) is 36.7 Å². The van der Waals surface area contributed by atoms with Crippen molar-refractivity contribution < 1.29 is 18.7 Å². The second-order valence-electron chi connectivity index (χ2n) is 8.81. The van der Waals surface area contributed by atoms with Crippen molar-refractivity contribution in [3.05, 3.63) is 53.7 Å². The fourth-order valence-electron chi connectivity index (χ4n) is 4.39. The van der Waals surface area contributed by atoms with E-state index in [4.69, 9.17) is 4.74 Å². The van der Waals surface area contributed by atoms with Crippen LogP contribution in [0.1, 0.15) is 54.1 Å². The number of ether oxygens (including phenoxy) is 1. The molecular formula is C25H27FN6O3. The van der Waals surface area contributed by atoms with Crippen LogP contribution in [0.5, 0.6) is 5.75 Å². The van der Waals surface area contributed by atoms with E-state index in [-0.39, 0.29) is 23.5 Å². The van der Waals surface area contributed by atoms with Gasteiger partial charge in [0.25, 0.3) is 11.9 Å². The number of carbonyl (C=O) groups excluding carboxylic acids is 2. The third kappa shape index (κ3) is 4.87. The Hall–Kier alpha value is -3.82. The Morgan fingerprint density at radius 2 is 2.14 bits per heavy atom. The summed E-state index contributed by atoms with van der Waals surface area (Å²) in [7, 11) is 1.42. The van der Waals surface area contributed by atoms with E-state index in [1.54, 1.807) is 35.3 Å². The molecule has 2 fully saturated rings. The molecule has 35 heavy (non-hydrogen) atoms. The molecule has 0 unspecified atom stereocenters. The predicted octanol–water partition coefficient (Wildman–Crippen LogP) is 3.10. The Bertz CT molecular complexity index is 1260. The summed E-state index contributed by atoms with van der Waals surface area (Å²) in [5.74, 6) is 0.218. The number of nitrogens with zero attached hydrogens (tertiary/aromatic N) is 5. The van der Waals surface area contributed by atoms with Gasteiger partial charge in [-0.15, -0.1) is 0 Å². The van der Waals surface area contributed by atoms with Crippen LogP contribution in [0, 0.1) is 5.82 Å². The summed E-state index contributed by atoms with van der Waals surface area (Å²) in [6, 6.07) is 6.35. The third-order valence-electron chi connectivity index (χ3n) is 6.36. The van der Waals surface area contributed by atoms with Gasteiger partial charge in [0.05, 0.1) is 30.3 Å². The molecule has 1 aliphatic carbocycles. The molecule has 1 N–H and O–H groups in total. The second kappa shape index (κ2) is 9.81. The minimum Gasteiger partial charge on any atom is -0.494 e. The van der Waals surface area contributed by atoms with E-state index in [9.17, 15) is 14.0 Å². The lowest BCUT2D eigenvalue weighted by molar-refractivity contribution is -0.127. The van der Waals surface area contributed by atoms with Gasteiger partial charge in [0.1, 0.15) is 0 Å². The Morgan fingerprint density at radius 3 is 2.86 bits per heavy atom. The Balaban J connectivity index is 1.33. The molecule has 1 aliphatic heterocycles. The average molecular weight is 479 g/mol. The lowest BCUT2D eigenvalue weighted by Crippen LogP contribution is -2.31. The van der Waals surface area contributed by atoms with Crippen LogP contribution < -0.4 is 10.1 Å². The Kier molecular flexibility index (Phi) is 6.43. The van der Waals surface area contributed by atoms with Gasteiger partial charge in [-0.05, 0) is 49.9 Å². The highest BCUT2D eigenvalue weighted by atomic mass is 19.1. The molecule has 2 aliphatic rings. The number of rotatable bonds is 9. The first kappa shape index (κ1) is 22.9. The fraction of sp³-hybridized carbons (Fsp3) is 0.400. The highest BCUT2D eigenvalue weighted by Crippen LogP contribution is 2.42. The largest absolute Gasteiger partial charge is 0.494 e. The second-order valence-corrected chi connectivity index (χ2v) is 8.81. The number of hydrogen-bond acceptors (Lipinski definition) is 6. The zero-order chi connectivity index (χ0) is 24.4. The molecule has 0 spiro atoms. The maximum atomic E-state index is 14.2. The molecule has 2 amide bonds. The lowest BCUT2D eigenvalue weighted by atomic mass is 10.1. The monoisotopic (exact) mass is 478 g/mol. The predicted molar refractivity (Wildman–Crippen MR) is 126 cm³/mol. The van der Waals surface area contributed by atoms with Crippen molar-refractivity contribution in [2.45, 2.75) is 38.0 Å². The minimum absolute atomic E-state index is 0.161. The quantitative estimate of drug-likeness (QED) is 0.474. The van der Waals surface area contributed by atoms with E-state index in [0.29, 0.717) is 48.7 Å². The molecule has 2 aromatic heterocycles. The molecule has 1 saturated heterocycles. The summed E-state index contributed by atoms with van der Waals surface area (Å²) in [5, 5.41) is 7.39. The number of likely N-dealkylation sites (tertiary alicyclic amines) is 1. The first-order valence-electron chi connectivity index (χ1n) is 11.9. The van der Waals surface area contributed by atoms with Crippen molar-refractivity contribution in [2.24, 2.45) is 0 Å². The van der Waals surface area contributed by atoms with E-state index in [1.165, 1.54) is 13.2 Å². The summed E-state index contributed by atoms with van der Waals surface area (Å²) < 4.78 is 20.8. The van der Waals surface area contributed by atoms with Crippen LogP contribution >= 0.6 is 0 Å². The molecule has 0 atom stereocenters. The molecule has 5 rings (SSSR count). The molecule has 182 valence electrons. The van der Waals surface area contributed by atoms with E-state index in [2.05, 4.69) is 20.4 Å². The standard InChI is InChI=1S/C25H27FN6O3/c1-35-21-8-7-17(14-19(21)26)20-9-11-28-25(30-20)32-23(16-5-6-16)18(15-29-32)24(34)27-10-3-13-31-12-2-4-22(31)33/h7-9,11,14-16H,2-6,10,12-13H2,1H3,(H,27,34). The lowest BCUT2D eigenvalue weighted by Gasteiger charge is -2.15. The van der Waals surface area contributed by atoms with E-state index < -0.39 is 5.82 Å². The van der Waals surface area contributed by atoms with Crippen molar-refractivity contribution in [2.75, 3.05) is 26.7 Å². The van der Waals surface area contributed by atoms with Crippen LogP contribution in [0.3, 0.4) is 0 Å². The van der Waals surface area contributed by atoms with E-state index in [0.717, 1.165) is 31.5 Å². The topological polar surface area (TPSA) is 102 Å². The van der Waals surface area contributed by atoms with Gasteiger partial charge in [-0.2, -0.15) is 5.10 Å².